The fraction of sp³-hybridized carbons (Fsp3) is 0.190. The first-order valence-corrected chi connectivity index (χ1v) is 9.33. The lowest BCUT2D eigenvalue weighted by molar-refractivity contribution is -0.135. The van der Waals surface area contributed by atoms with Crippen LogP contribution in [0, 0.1) is 12.7 Å². The first kappa shape index (κ1) is 19.4. The molecule has 152 valence electrons. The average Bonchev–Trinajstić information content (AvgIpc) is 3.23. The highest BCUT2D eigenvalue weighted by molar-refractivity contribution is 6.02. The lowest BCUT2D eigenvalue weighted by atomic mass is 10.1. The van der Waals surface area contributed by atoms with E-state index >= 15 is 0 Å². The molecule has 2 amide bonds. The molecule has 3 aromatic rings. The van der Waals surface area contributed by atoms with Gasteiger partial charge >= 0.3 is 0 Å². The van der Waals surface area contributed by atoms with Crippen LogP contribution in [-0.2, 0) is 9.59 Å². The highest BCUT2D eigenvalue weighted by Gasteiger charge is 2.26. The number of nitrogens with one attached hydrogen (secondary N) is 1. The standard InChI is InChI=1S/C21H18FN5O3/c1-13-7-8-15(11-16(13)22)23-18(28)12-27-19(29)10-9-17(25-27)21-24-20(26-30-21)14-5-3-2-4-6-14/h2-8,11H,9-10,12H2,1H3,(H,23,28). The van der Waals surface area contributed by atoms with Crippen LogP contribution in [0.3, 0.4) is 0 Å². The molecule has 0 fully saturated rings. The van der Waals surface area contributed by atoms with Crippen molar-refractivity contribution in [2.24, 2.45) is 5.10 Å². The Morgan fingerprint density at radius 1 is 1.20 bits per heavy atom. The van der Waals surface area contributed by atoms with E-state index in [-0.39, 0.29) is 24.8 Å². The molecular formula is C21H18FN5O3. The predicted octanol–water partition coefficient (Wildman–Crippen LogP) is 3.15. The quantitative estimate of drug-likeness (QED) is 0.700. The van der Waals surface area contributed by atoms with Crippen molar-refractivity contribution in [2.75, 3.05) is 11.9 Å². The second-order valence-electron chi connectivity index (χ2n) is 6.80. The van der Waals surface area contributed by atoms with Crippen molar-refractivity contribution in [3.63, 3.8) is 0 Å². The minimum absolute atomic E-state index is 0.161. The summed E-state index contributed by atoms with van der Waals surface area (Å²) in [5.41, 5.74) is 2.00. The Morgan fingerprint density at radius 2 is 2.00 bits per heavy atom. The maximum absolute atomic E-state index is 13.7. The van der Waals surface area contributed by atoms with Gasteiger partial charge in [-0.1, -0.05) is 41.6 Å². The van der Waals surface area contributed by atoms with Crippen LogP contribution in [0.2, 0.25) is 0 Å². The van der Waals surface area contributed by atoms with Gasteiger partial charge in [0.05, 0.1) is 0 Å². The summed E-state index contributed by atoms with van der Waals surface area (Å²) in [6.45, 7) is 1.32. The van der Waals surface area contributed by atoms with Crippen LogP contribution in [0.15, 0.2) is 58.2 Å². The topological polar surface area (TPSA) is 101 Å². The molecule has 1 aliphatic heterocycles. The third-order valence-electron chi connectivity index (χ3n) is 4.56. The average molecular weight is 407 g/mol. The molecule has 0 aliphatic carbocycles. The van der Waals surface area contributed by atoms with E-state index in [1.54, 1.807) is 19.1 Å². The number of hydrazone groups is 1. The molecule has 0 bridgehead atoms. The number of hydrogen-bond donors (Lipinski definition) is 1. The maximum Gasteiger partial charge on any atom is 0.274 e. The van der Waals surface area contributed by atoms with E-state index in [2.05, 4.69) is 20.6 Å². The van der Waals surface area contributed by atoms with Crippen molar-refractivity contribution < 1.29 is 18.5 Å². The zero-order chi connectivity index (χ0) is 21.1. The fourth-order valence-electron chi connectivity index (χ4n) is 2.93. The van der Waals surface area contributed by atoms with Crippen molar-refractivity contribution in [3.05, 3.63) is 65.8 Å². The summed E-state index contributed by atoms with van der Waals surface area (Å²) in [7, 11) is 0. The SMILES string of the molecule is Cc1ccc(NC(=O)CN2N=C(c3nc(-c4ccccc4)no3)CCC2=O)cc1F. The fourth-order valence-corrected chi connectivity index (χ4v) is 2.93. The second-order valence-corrected chi connectivity index (χ2v) is 6.80. The van der Waals surface area contributed by atoms with Gasteiger partial charge in [-0.2, -0.15) is 10.1 Å². The summed E-state index contributed by atoms with van der Waals surface area (Å²) >= 11 is 0. The molecule has 0 saturated carbocycles. The third-order valence-corrected chi connectivity index (χ3v) is 4.56. The Balaban J connectivity index is 1.47. The van der Waals surface area contributed by atoms with Gasteiger partial charge in [0.15, 0.2) is 0 Å². The number of carbonyl (C=O) groups excluding carboxylic acids is 2. The number of aromatic nitrogens is 2. The van der Waals surface area contributed by atoms with Gasteiger partial charge in [0, 0.05) is 24.1 Å². The van der Waals surface area contributed by atoms with Gasteiger partial charge in [0.1, 0.15) is 18.1 Å². The van der Waals surface area contributed by atoms with Crippen LogP contribution in [0.5, 0.6) is 0 Å². The smallest absolute Gasteiger partial charge is 0.274 e. The van der Waals surface area contributed by atoms with Crippen LogP contribution in [0.4, 0.5) is 10.1 Å². The third kappa shape index (κ3) is 4.24. The van der Waals surface area contributed by atoms with Crippen LogP contribution in [0.25, 0.3) is 11.4 Å². The van der Waals surface area contributed by atoms with E-state index in [0.29, 0.717) is 29.2 Å². The van der Waals surface area contributed by atoms with Gasteiger partial charge in [-0.15, -0.1) is 0 Å². The number of carbonyl (C=O) groups is 2. The van der Waals surface area contributed by atoms with E-state index in [1.165, 1.54) is 6.07 Å². The zero-order valence-electron chi connectivity index (χ0n) is 16.1. The van der Waals surface area contributed by atoms with E-state index < -0.39 is 11.7 Å². The number of amides is 2. The number of anilines is 1. The van der Waals surface area contributed by atoms with Gasteiger partial charge in [0.25, 0.3) is 5.89 Å². The predicted molar refractivity (Wildman–Crippen MR) is 107 cm³/mol. The summed E-state index contributed by atoms with van der Waals surface area (Å²) in [5.74, 6) is -0.602. The van der Waals surface area contributed by atoms with Crippen molar-refractivity contribution in [1.82, 2.24) is 15.1 Å². The summed E-state index contributed by atoms with van der Waals surface area (Å²) in [4.78, 5) is 28.8. The van der Waals surface area contributed by atoms with E-state index in [1.807, 2.05) is 30.3 Å². The molecule has 0 radical (unpaired) electrons. The Morgan fingerprint density at radius 3 is 2.77 bits per heavy atom. The number of aryl methyl sites for hydroxylation is 1. The first-order valence-electron chi connectivity index (χ1n) is 9.33. The number of rotatable bonds is 5. The molecule has 2 aromatic carbocycles. The van der Waals surface area contributed by atoms with E-state index in [0.717, 1.165) is 10.6 Å². The van der Waals surface area contributed by atoms with Crippen molar-refractivity contribution in [1.29, 1.82) is 0 Å². The van der Waals surface area contributed by atoms with Crippen molar-refractivity contribution >= 4 is 23.2 Å². The molecule has 4 rings (SSSR count). The number of hydrogen-bond acceptors (Lipinski definition) is 6. The minimum Gasteiger partial charge on any atom is -0.332 e. The summed E-state index contributed by atoms with van der Waals surface area (Å²) < 4.78 is 18.9. The highest BCUT2D eigenvalue weighted by atomic mass is 19.1. The zero-order valence-corrected chi connectivity index (χ0v) is 16.1. The maximum atomic E-state index is 13.7. The second kappa shape index (κ2) is 8.24. The van der Waals surface area contributed by atoms with Crippen molar-refractivity contribution in [3.8, 4) is 11.4 Å². The van der Waals surface area contributed by atoms with Gasteiger partial charge in [-0.05, 0) is 24.6 Å². The molecule has 0 spiro atoms. The Hall–Kier alpha value is -3.88. The molecule has 8 nitrogen and oxygen atoms in total. The molecule has 0 saturated heterocycles. The van der Waals surface area contributed by atoms with Gasteiger partial charge in [0.2, 0.25) is 17.6 Å². The van der Waals surface area contributed by atoms with Gasteiger partial charge < -0.3 is 9.84 Å². The monoisotopic (exact) mass is 407 g/mol. The van der Waals surface area contributed by atoms with E-state index in [4.69, 9.17) is 4.52 Å². The van der Waals surface area contributed by atoms with Crippen LogP contribution >= 0.6 is 0 Å². The molecule has 0 unspecified atom stereocenters. The molecule has 1 aliphatic rings. The van der Waals surface area contributed by atoms with Crippen LogP contribution in [-0.4, -0.2) is 39.2 Å². The summed E-state index contributed by atoms with van der Waals surface area (Å²) in [6, 6.07) is 13.7. The number of benzene rings is 2. The highest BCUT2D eigenvalue weighted by Crippen LogP contribution is 2.19. The summed E-state index contributed by atoms with van der Waals surface area (Å²) in [6.07, 6.45) is 0.491. The first-order chi connectivity index (χ1) is 14.5. The minimum atomic E-state index is -0.493. The largest absolute Gasteiger partial charge is 0.332 e. The molecule has 2 heterocycles. The van der Waals surface area contributed by atoms with Crippen molar-refractivity contribution in [2.45, 2.75) is 19.8 Å². The number of halogens is 1. The summed E-state index contributed by atoms with van der Waals surface area (Å²) in [5, 5.41) is 11.8. The van der Waals surface area contributed by atoms with Crippen LogP contribution < -0.4 is 5.32 Å². The molecule has 1 N–H and O–H groups in total. The lowest BCUT2D eigenvalue weighted by Gasteiger charge is -2.21. The lowest BCUT2D eigenvalue weighted by Crippen LogP contribution is -2.38. The molecule has 9 heteroatoms. The Bertz CT molecular complexity index is 1130. The van der Waals surface area contributed by atoms with Gasteiger partial charge in [-0.3, -0.25) is 9.59 Å². The molecular weight excluding hydrogens is 389 g/mol. The molecule has 0 atom stereocenters. The molecule has 1 aromatic heterocycles. The van der Waals surface area contributed by atoms with Crippen LogP contribution in [0.1, 0.15) is 24.3 Å². The molecule has 30 heavy (non-hydrogen) atoms. The Kier molecular flexibility index (Phi) is 5.34. The Labute approximate surface area is 171 Å². The normalized spacial score (nSPS) is 13.9. The number of nitrogens with zero attached hydrogens (tertiary/aromatic N) is 4. The van der Waals surface area contributed by atoms with Gasteiger partial charge in [-0.25, -0.2) is 9.40 Å². The van der Waals surface area contributed by atoms with E-state index in [9.17, 15) is 14.0 Å².